The van der Waals surface area contributed by atoms with Crippen molar-refractivity contribution >= 4 is 11.8 Å². The molecule has 1 aliphatic carbocycles. The molecule has 2 atom stereocenters. The summed E-state index contributed by atoms with van der Waals surface area (Å²) in [6.45, 7) is 10.7. The van der Waals surface area contributed by atoms with Crippen LogP contribution in [0.1, 0.15) is 51.9 Å². The Bertz CT molecular complexity index is 612. The second-order valence-corrected chi connectivity index (χ2v) is 7.37. The van der Waals surface area contributed by atoms with Gasteiger partial charge >= 0.3 is 0 Å². The van der Waals surface area contributed by atoms with Crippen molar-refractivity contribution < 1.29 is 9.59 Å². The van der Waals surface area contributed by atoms with Gasteiger partial charge in [-0.15, -0.1) is 0 Å². The Hall–Kier alpha value is -1.98. The van der Waals surface area contributed by atoms with Crippen LogP contribution in [0.4, 0.5) is 0 Å². The zero-order valence-corrected chi connectivity index (χ0v) is 15.3. The number of hydrogen-bond acceptors (Lipinski definition) is 4. The number of aryl methyl sites for hydroxylation is 1. The van der Waals surface area contributed by atoms with Gasteiger partial charge in [0.15, 0.2) is 0 Å². The number of nitrogens with one attached hydrogen (secondary N) is 2. The highest BCUT2D eigenvalue weighted by molar-refractivity contribution is 5.87. The minimum absolute atomic E-state index is 0.0262. The molecule has 0 aliphatic heterocycles. The summed E-state index contributed by atoms with van der Waals surface area (Å²) in [6.07, 6.45) is 4.80. The monoisotopic (exact) mass is 332 g/mol. The fourth-order valence-electron chi connectivity index (χ4n) is 3.54. The normalized spacial score (nSPS) is 25.3. The summed E-state index contributed by atoms with van der Waals surface area (Å²) in [5.41, 5.74) is 0.586. The minimum Gasteiger partial charge on any atom is -0.356 e. The van der Waals surface area contributed by atoms with Crippen LogP contribution in [0.2, 0.25) is 0 Å². The molecule has 1 heterocycles. The summed E-state index contributed by atoms with van der Waals surface area (Å²) in [6, 6.07) is 0. The molecule has 0 bridgehead atoms. The second kappa shape index (κ2) is 6.87. The molecule has 6 heteroatoms. The fourth-order valence-corrected chi connectivity index (χ4v) is 3.54. The molecule has 2 rings (SSSR count). The van der Waals surface area contributed by atoms with E-state index >= 15 is 0 Å². The molecule has 1 aromatic heterocycles. The maximum absolute atomic E-state index is 12.9. The predicted molar refractivity (Wildman–Crippen MR) is 91.9 cm³/mol. The average molecular weight is 332 g/mol. The summed E-state index contributed by atoms with van der Waals surface area (Å²) in [4.78, 5) is 33.6. The number of hydrogen-bond donors (Lipinski definition) is 2. The Morgan fingerprint density at radius 3 is 2.50 bits per heavy atom. The number of amides is 2. The minimum atomic E-state index is -0.582. The van der Waals surface area contributed by atoms with Gasteiger partial charge in [0, 0.05) is 18.7 Å². The first-order valence-electron chi connectivity index (χ1n) is 8.56. The van der Waals surface area contributed by atoms with E-state index in [0.717, 1.165) is 17.8 Å². The molecule has 2 N–H and O–H groups in total. The lowest BCUT2D eigenvalue weighted by Gasteiger charge is -2.39. The number of carbonyl (C=O) groups is 2. The zero-order valence-electron chi connectivity index (χ0n) is 15.3. The van der Waals surface area contributed by atoms with Crippen molar-refractivity contribution in [2.24, 2.45) is 16.7 Å². The van der Waals surface area contributed by atoms with E-state index in [-0.39, 0.29) is 17.7 Å². The molecular weight excluding hydrogens is 304 g/mol. The number of rotatable bonds is 5. The van der Waals surface area contributed by atoms with Crippen LogP contribution in [-0.2, 0) is 16.1 Å². The molecular formula is C18H28N4O2. The number of aromatic nitrogens is 2. The zero-order chi connectivity index (χ0) is 18.0. The SMILES string of the molecule is CCNC(=O)[C@@H]1CC[C@](C)(C(=O)NCc2cnc(C)cn2)C1(C)C. The molecule has 0 saturated heterocycles. The van der Waals surface area contributed by atoms with Crippen LogP contribution >= 0.6 is 0 Å². The molecule has 132 valence electrons. The Labute approximate surface area is 143 Å². The molecule has 1 saturated carbocycles. The van der Waals surface area contributed by atoms with Gasteiger partial charge in [0.25, 0.3) is 0 Å². The van der Waals surface area contributed by atoms with Crippen molar-refractivity contribution in [1.29, 1.82) is 0 Å². The number of carbonyl (C=O) groups excluding carboxylic acids is 2. The first-order valence-corrected chi connectivity index (χ1v) is 8.56. The lowest BCUT2D eigenvalue weighted by molar-refractivity contribution is -0.139. The van der Waals surface area contributed by atoms with Gasteiger partial charge in [0.1, 0.15) is 0 Å². The highest BCUT2D eigenvalue weighted by Crippen LogP contribution is 2.56. The number of nitrogens with zero attached hydrogens (tertiary/aromatic N) is 2. The highest BCUT2D eigenvalue weighted by atomic mass is 16.2. The molecule has 24 heavy (non-hydrogen) atoms. The molecule has 0 radical (unpaired) electrons. The van der Waals surface area contributed by atoms with Crippen LogP contribution in [0.15, 0.2) is 12.4 Å². The van der Waals surface area contributed by atoms with Crippen LogP contribution in [0.3, 0.4) is 0 Å². The fraction of sp³-hybridized carbons (Fsp3) is 0.667. The van der Waals surface area contributed by atoms with Gasteiger partial charge in [-0.2, -0.15) is 0 Å². The first kappa shape index (κ1) is 18.4. The smallest absolute Gasteiger partial charge is 0.226 e. The van der Waals surface area contributed by atoms with Gasteiger partial charge in [-0.05, 0) is 32.1 Å². The van der Waals surface area contributed by atoms with E-state index in [1.54, 1.807) is 12.4 Å². The van der Waals surface area contributed by atoms with E-state index in [0.29, 0.717) is 19.5 Å². The van der Waals surface area contributed by atoms with Gasteiger partial charge in [-0.1, -0.05) is 20.8 Å². The summed E-state index contributed by atoms with van der Waals surface area (Å²) in [5, 5.41) is 5.87. The van der Waals surface area contributed by atoms with Gasteiger partial charge in [0.2, 0.25) is 11.8 Å². The van der Waals surface area contributed by atoms with Gasteiger partial charge < -0.3 is 10.6 Å². The topological polar surface area (TPSA) is 84.0 Å². The van der Waals surface area contributed by atoms with Crippen molar-refractivity contribution in [2.45, 2.75) is 54.0 Å². The summed E-state index contributed by atoms with van der Waals surface area (Å²) in [5.74, 6) is -0.127. The van der Waals surface area contributed by atoms with Crippen molar-refractivity contribution in [1.82, 2.24) is 20.6 Å². The van der Waals surface area contributed by atoms with E-state index in [4.69, 9.17) is 0 Å². The van der Waals surface area contributed by atoms with E-state index in [1.165, 1.54) is 0 Å². The van der Waals surface area contributed by atoms with E-state index in [9.17, 15) is 9.59 Å². The maximum Gasteiger partial charge on any atom is 0.226 e. The largest absolute Gasteiger partial charge is 0.356 e. The molecule has 0 unspecified atom stereocenters. The van der Waals surface area contributed by atoms with E-state index in [1.807, 2.05) is 34.6 Å². The average Bonchev–Trinajstić information content (AvgIpc) is 2.78. The van der Waals surface area contributed by atoms with Crippen molar-refractivity contribution in [3.63, 3.8) is 0 Å². The molecule has 1 aliphatic rings. The van der Waals surface area contributed by atoms with Gasteiger partial charge in [-0.3, -0.25) is 19.6 Å². The van der Waals surface area contributed by atoms with Crippen molar-refractivity contribution in [3.05, 3.63) is 23.8 Å². The standard InChI is InChI=1S/C18H28N4O2/c1-6-19-15(23)14-7-8-18(5,17(14,3)4)16(24)22-11-13-10-20-12(2)9-21-13/h9-10,14H,6-8,11H2,1-5H3,(H,19,23)(H,22,24)/t14-,18+/m0/s1. The van der Waals surface area contributed by atoms with E-state index in [2.05, 4.69) is 20.6 Å². The van der Waals surface area contributed by atoms with Crippen molar-refractivity contribution in [2.75, 3.05) is 6.54 Å². The molecule has 2 amide bonds. The Morgan fingerprint density at radius 2 is 1.92 bits per heavy atom. The van der Waals surface area contributed by atoms with E-state index < -0.39 is 10.8 Å². The van der Waals surface area contributed by atoms with Gasteiger partial charge in [0.05, 0.1) is 29.5 Å². The molecule has 6 nitrogen and oxygen atoms in total. The molecule has 0 aromatic carbocycles. The van der Waals surface area contributed by atoms with Crippen molar-refractivity contribution in [3.8, 4) is 0 Å². The Kier molecular flexibility index (Phi) is 5.26. The van der Waals surface area contributed by atoms with Gasteiger partial charge in [-0.25, -0.2) is 0 Å². The van der Waals surface area contributed by atoms with Crippen LogP contribution in [0, 0.1) is 23.7 Å². The van der Waals surface area contributed by atoms with Crippen LogP contribution in [0.5, 0.6) is 0 Å². The quantitative estimate of drug-likeness (QED) is 0.863. The third kappa shape index (κ3) is 3.28. The Morgan fingerprint density at radius 1 is 1.21 bits per heavy atom. The maximum atomic E-state index is 12.9. The Balaban J connectivity index is 2.07. The third-order valence-electron chi connectivity index (χ3n) is 5.66. The second-order valence-electron chi connectivity index (χ2n) is 7.37. The first-order chi connectivity index (χ1) is 11.2. The molecule has 1 aromatic rings. The highest BCUT2D eigenvalue weighted by Gasteiger charge is 2.57. The summed E-state index contributed by atoms with van der Waals surface area (Å²) in [7, 11) is 0. The third-order valence-corrected chi connectivity index (χ3v) is 5.66. The predicted octanol–water partition coefficient (Wildman–Crippen LogP) is 1.98. The lowest BCUT2D eigenvalue weighted by Crippen LogP contribution is -2.49. The van der Waals surface area contributed by atoms with Crippen LogP contribution in [-0.4, -0.2) is 28.3 Å². The molecule has 1 fully saturated rings. The summed E-state index contributed by atoms with van der Waals surface area (Å²) >= 11 is 0. The summed E-state index contributed by atoms with van der Waals surface area (Å²) < 4.78 is 0. The van der Waals surface area contributed by atoms with Crippen LogP contribution in [0.25, 0.3) is 0 Å². The lowest BCUT2D eigenvalue weighted by atomic mass is 9.65. The van der Waals surface area contributed by atoms with Crippen LogP contribution < -0.4 is 10.6 Å². The molecule has 0 spiro atoms.